The minimum absolute atomic E-state index is 0.195. The summed E-state index contributed by atoms with van der Waals surface area (Å²) < 4.78 is 10.1. The highest BCUT2D eigenvalue weighted by Gasteiger charge is 2.13. The summed E-state index contributed by atoms with van der Waals surface area (Å²) >= 11 is 1.47. The van der Waals surface area contributed by atoms with Crippen LogP contribution in [0.5, 0.6) is 0 Å². The second-order valence-electron chi connectivity index (χ2n) is 3.90. The zero-order valence-corrected chi connectivity index (χ0v) is 11.3. The second-order valence-corrected chi connectivity index (χ2v) is 4.76. The van der Waals surface area contributed by atoms with E-state index in [1.54, 1.807) is 6.26 Å². The standard InChI is InChI=1S/C12H15N3O3S/c1-17-6-9(13)11(16)14-5-8-7-19-12(15-8)10-3-2-4-18-10/h2-4,7,9H,5-6,13H2,1H3,(H,14,16). The zero-order chi connectivity index (χ0) is 13.7. The lowest BCUT2D eigenvalue weighted by atomic mass is 10.3. The van der Waals surface area contributed by atoms with Gasteiger partial charge in [0, 0.05) is 12.5 Å². The molecule has 2 rings (SSSR count). The smallest absolute Gasteiger partial charge is 0.239 e. The van der Waals surface area contributed by atoms with Crippen molar-refractivity contribution in [3.63, 3.8) is 0 Å². The van der Waals surface area contributed by atoms with E-state index in [4.69, 9.17) is 14.9 Å². The van der Waals surface area contributed by atoms with Crippen molar-refractivity contribution in [1.29, 1.82) is 0 Å². The van der Waals surface area contributed by atoms with Crippen molar-refractivity contribution in [3.05, 3.63) is 29.5 Å². The molecule has 2 heterocycles. The number of nitrogens with zero attached hydrogens (tertiary/aromatic N) is 1. The average Bonchev–Trinajstić information content (AvgIpc) is 3.06. The van der Waals surface area contributed by atoms with Crippen molar-refractivity contribution in [2.45, 2.75) is 12.6 Å². The maximum absolute atomic E-state index is 11.6. The van der Waals surface area contributed by atoms with Crippen LogP contribution >= 0.6 is 11.3 Å². The van der Waals surface area contributed by atoms with Crippen LogP contribution in [-0.2, 0) is 16.1 Å². The summed E-state index contributed by atoms with van der Waals surface area (Å²) in [4.78, 5) is 16.0. The van der Waals surface area contributed by atoms with Crippen molar-refractivity contribution in [1.82, 2.24) is 10.3 Å². The normalized spacial score (nSPS) is 12.3. The van der Waals surface area contributed by atoms with E-state index in [1.807, 2.05) is 17.5 Å². The zero-order valence-electron chi connectivity index (χ0n) is 10.5. The van der Waals surface area contributed by atoms with Crippen molar-refractivity contribution >= 4 is 17.2 Å². The van der Waals surface area contributed by atoms with Crippen LogP contribution in [-0.4, -0.2) is 30.6 Å². The number of furan rings is 1. The fraction of sp³-hybridized carbons (Fsp3) is 0.333. The molecule has 3 N–H and O–H groups in total. The minimum Gasteiger partial charge on any atom is -0.462 e. The highest BCUT2D eigenvalue weighted by Crippen LogP contribution is 2.23. The lowest BCUT2D eigenvalue weighted by Crippen LogP contribution is -2.43. The van der Waals surface area contributed by atoms with Gasteiger partial charge in [0.15, 0.2) is 10.8 Å². The van der Waals surface area contributed by atoms with Crippen LogP contribution in [0.1, 0.15) is 5.69 Å². The Kier molecular flexibility index (Phi) is 4.67. The maximum Gasteiger partial charge on any atom is 0.239 e. The van der Waals surface area contributed by atoms with Crippen molar-refractivity contribution in [2.24, 2.45) is 5.73 Å². The van der Waals surface area contributed by atoms with Gasteiger partial charge >= 0.3 is 0 Å². The Morgan fingerprint density at radius 1 is 1.68 bits per heavy atom. The molecule has 2 aromatic heterocycles. The van der Waals surface area contributed by atoms with Crippen LogP contribution in [0.2, 0.25) is 0 Å². The summed E-state index contributed by atoms with van der Waals surface area (Å²) in [5, 5.41) is 5.37. The molecule has 0 saturated carbocycles. The van der Waals surface area contributed by atoms with Gasteiger partial charge in [0.1, 0.15) is 6.04 Å². The molecule has 19 heavy (non-hydrogen) atoms. The summed E-state index contributed by atoms with van der Waals surface area (Å²) in [5.41, 5.74) is 6.38. The van der Waals surface area contributed by atoms with Gasteiger partial charge < -0.3 is 20.2 Å². The van der Waals surface area contributed by atoms with E-state index < -0.39 is 6.04 Å². The molecular weight excluding hydrogens is 266 g/mol. The Balaban J connectivity index is 1.89. The van der Waals surface area contributed by atoms with E-state index in [2.05, 4.69) is 10.3 Å². The molecule has 0 fully saturated rings. The first-order chi connectivity index (χ1) is 9.20. The number of nitrogens with one attached hydrogen (secondary N) is 1. The molecule has 0 radical (unpaired) electrons. The molecule has 0 aromatic carbocycles. The van der Waals surface area contributed by atoms with E-state index in [-0.39, 0.29) is 12.5 Å². The molecule has 0 spiro atoms. The lowest BCUT2D eigenvalue weighted by Gasteiger charge is -2.09. The highest BCUT2D eigenvalue weighted by molar-refractivity contribution is 7.13. The Morgan fingerprint density at radius 3 is 3.21 bits per heavy atom. The van der Waals surface area contributed by atoms with Crippen LogP contribution < -0.4 is 11.1 Å². The molecule has 2 aromatic rings. The molecule has 0 aliphatic carbocycles. The largest absolute Gasteiger partial charge is 0.462 e. The molecule has 102 valence electrons. The molecule has 6 nitrogen and oxygen atoms in total. The number of rotatable bonds is 6. The summed E-state index contributed by atoms with van der Waals surface area (Å²) in [6.07, 6.45) is 1.60. The van der Waals surface area contributed by atoms with Gasteiger partial charge in [-0.25, -0.2) is 4.98 Å². The Morgan fingerprint density at radius 2 is 2.53 bits per heavy atom. The van der Waals surface area contributed by atoms with E-state index in [0.717, 1.165) is 16.5 Å². The SMILES string of the molecule is COCC(N)C(=O)NCc1csc(-c2ccco2)n1. The van der Waals surface area contributed by atoms with Crippen molar-refractivity contribution in [2.75, 3.05) is 13.7 Å². The number of aromatic nitrogens is 1. The third-order valence-electron chi connectivity index (χ3n) is 2.41. The van der Waals surface area contributed by atoms with Gasteiger partial charge in [-0.15, -0.1) is 11.3 Å². The number of carbonyl (C=O) groups is 1. The maximum atomic E-state index is 11.6. The van der Waals surface area contributed by atoms with Gasteiger partial charge in [0.25, 0.3) is 0 Å². The first-order valence-electron chi connectivity index (χ1n) is 5.71. The monoisotopic (exact) mass is 281 g/mol. The summed E-state index contributed by atoms with van der Waals surface area (Å²) in [5.74, 6) is 0.466. The first kappa shape index (κ1) is 13.7. The second kappa shape index (κ2) is 6.46. The van der Waals surface area contributed by atoms with Crippen LogP contribution in [0, 0.1) is 0 Å². The van der Waals surface area contributed by atoms with Gasteiger partial charge in [0.2, 0.25) is 5.91 Å². The molecule has 0 aliphatic rings. The van der Waals surface area contributed by atoms with Gasteiger partial charge in [-0.1, -0.05) is 0 Å². The number of carbonyl (C=O) groups excluding carboxylic acids is 1. The van der Waals surface area contributed by atoms with Gasteiger partial charge in [-0.05, 0) is 12.1 Å². The molecule has 7 heteroatoms. The van der Waals surface area contributed by atoms with Crippen LogP contribution in [0.3, 0.4) is 0 Å². The fourth-order valence-corrected chi connectivity index (χ4v) is 2.25. The Bertz CT molecular complexity index is 524. The molecular formula is C12H15N3O3S. The summed E-state index contributed by atoms with van der Waals surface area (Å²) in [6.45, 7) is 0.536. The Hall–Kier alpha value is -1.70. The molecule has 1 amide bonds. The van der Waals surface area contributed by atoms with Gasteiger partial charge in [0.05, 0.1) is 25.1 Å². The first-order valence-corrected chi connectivity index (χ1v) is 6.59. The van der Waals surface area contributed by atoms with E-state index in [0.29, 0.717) is 6.54 Å². The molecule has 1 unspecified atom stereocenters. The number of nitrogens with two attached hydrogens (primary N) is 1. The molecule has 0 aliphatic heterocycles. The third-order valence-corrected chi connectivity index (χ3v) is 3.32. The number of thiazole rings is 1. The van der Waals surface area contributed by atoms with Crippen molar-refractivity contribution in [3.8, 4) is 10.8 Å². The molecule has 0 bridgehead atoms. The molecule has 0 saturated heterocycles. The average molecular weight is 281 g/mol. The van der Waals surface area contributed by atoms with E-state index >= 15 is 0 Å². The lowest BCUT2D eigenvalue weighted by molar-refractivity contribution is -0.123. The number of hydrogen-bond acceptors (Lipinski definition) is 6. The number of hydrogen-bond donors (Lipinski definition) is 2. The van der Waals surface area contributed by atoms with Gasteiger partial charge in [-0.3, -0.25) is 4.79 Å². The topological polar surface area (TPSA) is 90.4 Å². The van der Waals surface area contributed by atoms with Gasteiger partial charge in [-0.2, -0.15) is 0 Å². The van der Waals surface area contributed by atoms with E-state index in [1.165, 1.54) is 18.4 Å². The molecule has 1 atom stereocenters. The van der Waals surface area contributed by atoms with E-state index in [9.17, 15) is 4.79 Å². The number of ether oxygens (including phenoxy) is 1. The third kappa shape index (κ3) is 3.63. The Labute approximate surface area is 114 Å². The fourth-order valence-electron chi connectivity index (χ4n) is 1.47. The number of amides is 1. The van der Waals surface area contributed by atoms with Crippen molar-refractivity contribution < 1.29 is 13.9 Å². The minimum atomic E-state index is -0.659. The number of methoxy groups -OCH3 is 1. The quantitative estimate of drug-likeness (QED) is 0.824. The van der Waals surface area contributed by atoms with Crippen LogP contribution in [0.4, 0.5) is 0 Å². The predicted molar refractivity (Wildman–Crippen MR) is 71.5 cm³/mol. The highest BCUT2D eigenvalue weighted by atomic mass is 32.1. The van der Waals surface area contributed by atoms with Crippen LogP contribution in [0.25, 0.3) is 10.8 Å². The van der Waals surface area contributed by atoms with Crippen LogP contribution in [0.15, 0.2) is 28.2 Å². The summed E-state index contributed by atoms with van der Waals surface area (Å²) in [6, 6.07) is 2.99. The predicted octanol–water partition coefficient (Wildman–Crippen LogP) is 0.993. The summed E-state index contributed by atoms with van der Waals surface area (Å²) in [7, 11) is 1.50.